The smallest absolute Gasteiger partial charge is 0.230 e. The van der Waals surface area contributed by atoms with E-state index in [4.69, 9.17) is 4.74 Å². The second-order valence-electron chi connectivity index (χ2n) is 6.15. The monoisotopic (exact) mass is 301 g/mol. The molecule has 0 bridgehead atoms. The minimum absolute atomic E-state index is 0.00321. The van der Waals surface area contributed by atoms with Crippen molar-refractivity contribution in [2.45, 2.75) is 57.1 Å². The largest absolute Gasteiger partial charge is 0.376 e. The molecule has 0 spiro atoms. The first-order valence-electron chi connectivity index (χ1n) is 8.26. The van der Waals surface area contributed by atoms with E-state index in [1.54, 1.807) is 0 Å². The lowest BCUT2D eigenvalue weighted by atomic mass is 9.91. The highest BCUT2D eigenvalue weighted by Gasteiger charge is 2.40. The highest BCUT2D eigenvalue weighted by Crippen LogP contribution is 2.29. The Hall–Kier alpha value is -1.68. The minimum atomic E-state index is -0.0491. The summed E-state index contributed by atoms with van der Waals surface area (Å²) >= 11 is 0. The molecule has 118 valence electrons. The first-order chi connectivity index (χ1) is 10.8. The molecule has 0 radical (unpaired) electrons. The number of amides is 2. The van der Waals surface area contributed by atoms with Gasteiger partial charge in [0.1, 0.15) is 0 Å². The van der Waals surface area contributed by atoms with Crippen molar-refractivity contribution in [2.75, 3.05) is 6.61 Å². The summed E-state index contributed by atoms with van der Waals surface area (Å²) in [4.78, 5) is 25.4. The van der Waals surface area contributed by atoms with Gasteiger partial charge >= 0.3 is 0 Å². The third kappa shape index (κ3) is 3.38. The van der Waals surface area contributed by atoms with Crippen molar-refractivity contribution in [3.8, 4) is 0 Å². The molecule has 0 unspecified atom stereocenters. The van der Waals surface area contributed by atoms with E-state index in [0.29, 0.717) is 19.4 Å². The van der Waals surface area contributed by atoms with Crippen LogP contribution in [0.25, 0.3) is 0 Å². The second kappa shape index (κ2) is 7.05. The Kier molecular flexibility index (Phi) is 4.88. The van der Waals surface area contributed by atoms with Crippen LogP contribution in [0.15, 0.2) is 30.3 Å². The van der Waals surface area contributed by atoms with E-state index in [0.717, 1.165) is 32.1 Å². The molecular weight excluding hydrogens is 278 g/mol. The van der Waals surface area contributed by atoms with Crippen LogP contribution in [-0.2, 0) is 20.7 Å². The van der Waals surface area contributed by atoms with Crippen LogP contribution in [0, 0.1) is 0 Å². The van der Waals surface area contributed by atoms with Crippen LogP contribution in [0.2, 0.25) is 0 Å². The van der Waals surface area contributed by atoms with Gasteiger partial charge in [-0.2, -0.15) is 0 Å². The van der Waals surface area contributed by atoms with Crippen LogP contribution >= 0.6 is 0 Å². The highest BCUT2D eigenvalue weighted by atomic mass is 16.5. The number of hydrogen-bond donors (Lipinski definition) is 0. The van der Waals surface area contributed by atoms with Crippen LogP contribution in [0.3, 0.4) is 0 Å². The van der Waals surface area contributed by atoms with Gasteiger partial charge in [0.05, 0.1) is 18.8 Å². The zero-order valence-electron chi connectivity index (χ0n) is 12.9. The van der Waals surface area contributed by atoms with Crippen molar-refractivity contribution < 1.29 is 14.3 Å². The van der Waals surface area contributed by atoms with Crippen LogP contribution in [0.5, 0.6) is 0 Å². The van der Waals surface area contributed by atoms with Crippen LogP contribution in [0.1, 0.15) is 44.1 Å². The molecule has 22 heavy (non-hydrogen) atoms. The first-order valence-corrected chi connectivity index (χ1v) is 8.26. The third-order valence-corrected chi connectivity index (χ3v) is 4.65. The fourth-order valence-electron chi connectivity index (χ4n) is 3.50. The van der Waals surface area contributed by atoms with Gasteiger partial charge in [0.2, 0.25) is 11.8 Å². The number of nitrogens with zero attached hydrogens (tertiary/aromatic N) is 1. The zero-order valence-corrected chi connectivity index (χ0v) is 12.9. The normalized spacial score (nSPS) is 25.7. The number of imide groups is 1. The Morgan fingerprint density at radius 1 is 1.00 bits per heavy atom. The molecule has 0 N–H and O–H groups in total. The maximum absolute atomic E-state index is 12.0. The molecule has 2 amide bonds. The van der Waals surface area contributed by atoms with E-state index in [-0.39, 0.29) is 24.0 Å². The second-order valence-corrected chi connectivity index (χ2v) is 6.15. The average molecular weight is 301 g/mol. The van der Waals surface area contributed by atoms with Crippen molar-refractivity contribution in [1.82, 2.24) is 4.90 Å². The number of carbonyl (C=O) groups excluding carboxylic acids is 2. The van der Waals surface area contributed by atoms with Gasteiger partial charge in [0.15, 0.2) is 0 Å². The Bertz CT molecular complexity index is 512. The predicted octanol–water partition coefficient (Wildman–Crippen LogP) is 2.71. The summed E-state index contributed by atoms with van der Waals surface area (Å²) < 4.78 is 6.06. The van der Waals surface area contributed by atoms with Gasteiger partial charge in [-0.15, -0.1) is 0 Å². The average Bonchev–Trinajstić information content (AvgIpc) is 2.88. The first kappa shape index (κ1) is 15.2. The van der Waals surface area contributed by atoms with E-state index in [1.165, 1.54) is 10.5 Å². The Labute approximate surface area is 131 Å². The molecule has 1 aromatic carbocycles. The van der Waals surface area contributed by atoms with E-state index in [2.05, 4.69) is 12.1 Å². The number of carbonyl (C=O) groups is 2. The summed E-state index contributed by atoms with van der Waals surface area (Å²) in [5, 5.41) is 0. The lowest BCUT2D eigenvalue weighted by Gasteiger charge is -2.36. The maximum Gasteiger partial charge on any atom is 0.230 e. The lowest BCUT2D eigenvalue weighted by Crippen LogP contribution is -2.49. The van der Waals surface area contributed by atoms with Gasteiger partial charge in [0.25, 0.3) is 0 Å². The molecule has 4 heteroatoms. The Morgan fingerprint density at radius 2 is 1.68 bits per heavy atom. The minimum Gasteiger partial charge on any atom is -0.376 e. The van der Waals surface area contributed by atoms with E-state index in [1.807, 2.05) is 18.2 Å². The van der Waals surface area contributed by atoms with Gasteiger partial charge in [0, 0.05) is 12.8 Å². The van der Waals surface area contributed by atoms with Crippen molar-refractivity contribution in [3.63, 3.8) is 0 Å². The number of likely N-dealkylation sites (tertiary alicyclic amines) is 1. The molecule has 1 aromatic rings. The fourth-order valence-corrected chi connectivity index (χ4v) is 3.50. The fraction of sp³-hybridized carbons (Fsp3) is 0.556. The quantitative estimate of drug-likeness (QED) is 0.786. The number of rotatable bonds is 5. The summed E-state index contributed by atoms with van der Waals surface area (Å²) in [6.07, 6.45) is 5.61. The molecule has 1 saturated heterocycles. The molecule has 4 nitrogen and oxygen atoms in total. The van der Waals surface area contributed by atoms with Crippen LogP contribution in [0.4, 0.5) is 0 Å². The standard InChI is InChI=1S/C18H23NO3/c20-17-10-11-18(21)19(17)15-8-4-5-9-16(15)22-13-12-14-6-2-1-3-7-14/h1-3,6-7,15-16H,4-5,8-13H2/t15-,16+/m0/s1. The van der Waals surface area contributed by atoms with Gasteiger partial charge in [-0.05, 0) is 24.8 Å². The summed E-state index contributed by atoms with van der Waals surface area (Å²) in [5.74, 6) is -0.0397. The van der Waals surface area contributed by atoms with E-state index < -0.39 is 0 Å². The summed E-state index contributed by atoms with van der Waals surface area (Å²) in [7, 11) is 0. The molecule has 1 aliphatic carbocycles. The van der Waals surface area contributed by atoms with Crippen molar-refractivity contribution in [2.24, 2.45) is 0 Å². The van der Waals surface area contributed by atoms with Crippen LogP contribution in [-0.4, -0.2) is 35.5 Å². The van der Waals surface area contributed by atoms with Crippen molar-refractivity contribution in [1.29, 1.82) is 0 Å². The SMILES string of the molecule is O=C1CCC(=O)N1[C@H]1CCCC[C@H]1OCCc1ccccc1. The highest BCUT2D eigenvalue weighted by molar-refractivity contribution is 6.02. The zero-order chi connectivity index (χ0) is 15.4. The third-order valence-electron chi connectivity index (χ3n) is 4.65. The molecule has 2 aliphatic rings. The van der Waals surface area contributed by atoms with Gasteiger partial charge in [-0.3, -0.25) is 14.5 Å². The van der Waals surface area contributed by atoms with Gasteiger partial charge in [-0.1, -0.05) is 43.2 Å². The molecular formula is C18H23NO3. The Morgan fingerprint density at radius 3 is 2.41 bits per heavy atom. The summed E-state index contributed by atoms with van der Waals surface area (Å²) in [5.41, 5.74) is 1.25. The summed E-state index contributed by atoms with van der Waals surface area (Å²) in [6, 6.07) is 10.2. The van der Waals surface area contributed by atoms with Crippen molar-refractivity contribution in [3.05, 3.63) is 35.9 Å². The molecule has 0 aromatic heterocycles. The number of hydrogen-bond acceptors (Lipinski definition) is 3. The molecule has 2 atom stereocenters. The molecule has 1 saturated carbocycles. The van der Waals surface area contributed by atoms with Gasteiger partial charge in [-0.25, -0.2) is 0 Å². The molecule has 1 aliphatic heterocycles. The van der Waals surface area contributed by atoms with E-state index in [9.17, 15) is 9.59 Å². The lowest BCUT2D eigenvalue weighted by molar-refractivity contribution is -0.147. The number of ether oxygens (including phenoxy) is 1. The molecule has 2 fully saturated rings. The van der Waals surface area contributed by atoms with Gasteiger partial charge < -0.3 is 4.74 Å². The number of benzene rings is 1. The topological polar surface area (TPSA) is 46.6 Å². The molecule has 1 heterocycles. The maximum atomic E-state index is 12.0. The molecule has 3 rings (SSSR count). The predicted molar refractivity (Wildman–Crippen MR) is 83.2 cm³/mol. The summed E-state index contributed by atoms with van der Waals surface area (Å²) in [6.45, 7) is 0.640. The Balaban J connectivity index is 1.58. The van der Waals surface area contributed by atoms with Crippen molar-refractivity contribution >= 4 is 11.8 Å². The van der Waals surface area contributed by atoms with E-state index >= 15 is 0 Å². The van der Waals surface area contributed by atoms with Crippen LogP contribution < -0.4 is 0 Å².